The van der Waals surface area contributed by atoms with Crippen molar-refractivity contribution in [2.45, 2.75) is 5.92 Å². The van der Waals surface area contributed by atoms with Crippen LogP contribution in [0.25, 0.3) is 27.8 Å². The van der Waals surface area contributed by atoms with Gasteiger partial charge in [-0.1, -0.05) is 97.1 Å². The lowest BCUT2D eigenvalue weighted by Crippen LogP contribution is -2.24. The largest absolute Gasteiger partial charge is 0.310 e. The normalized spacial score (nSPS) is 11.0. The molecule has 1 amide bonds. The highest BCUT2D eigenvalue weighted by Gasteiger charge is 2.25. The van der Waals surface area contributed by atoms with Crippen molar-refractivity contribution < 1.29 is 4.79 Å². The van der Waals surface area contributed by atoms with Crippen molar-refractivity contribution in [2.24, 2.45) is 0 Å². The van der Waals surface area contributed by atoms with Gasteiger partial charge in [0, 0.05) is 17.7 Å². The molecule has 3 aromatic heterocycles. The Balaban J connectivity index is 1.44. The van der Waals surface area contributed by atoms with Crippen LogP contribution in [0.3, 0.4) is 0 Å². The third kappa shape index (κ3) is 5.18. The summed E-state index contributed by atoms with van der Waals surface area (Å²) in [4.78, 5) is 35.0. The second-order valence-electron chi connectivity index (χ2n) is 8.87. The summed E-state index contributed by atoms with van der Waals surface area (Å²) in [5.41, 5.74) is 3.37. The van der Waals surface area contributed by atoms with Gasteiger partial charge in [-0.2, -0.15) is 9.78 Å². The molecule has 7 nitrogen and oxygen atoms in total. The fraction of sp³-hybridized carbons (Fsp3) is 0.0323. The van der Waals surface area contributed by atoms with Crippen molar-refractivity contribution in [3.63, 3.8) is 0 Å². The number of thiophene rings is 1. The average molecular weight is 530 g/mol. The lowest BCUT2D eigenvalue weighted by Gasteiger charge is -2.18. The first kappa shape index (κ1) is 24.3. The summed E-state index contributed by atoms with van der Waals surface area (Å²) >= 11 is 1.53. The lowest BCUT2D eigenvalue weighted by molar-refractivity contribution is -0.116. The molecule has 0 atom stereocenters. The maximum absolute atomic E-state index is 13.9. The van der Waals surface area contributed by atoms with Crippen molar-refractivity contribution in [1.82, 2.24) is 19.7 Å². The summed E-state index contributed by atoms with van der Waals surface area (Å²) in [5, 5.41) is 9.77. The molecule has 0 spiro atoms. The van der Waals surface area contributed by atoms with Gasteiger partial charge in [-0.25, -0.2) is 4.98 Å². The van der Waals surface area contributed by atoms with Gasteiger partial charge >= 0.3 is 0 Å². The van der Waals surface area contributed by atoms with Gasteiger partial charge in [0.05, 0.1) is 16.5 Å². The summed E-state index contributed by atoms with van der Waals surface area (Å²) in [7, 11) is 0. The predicted octanol–water partition coefficient (Wildman–Crippen LogP) is 6.12. The maximum Gasteiger partial charge on any atom is 0.252 e. The molecular formula is C31H23N5O2S. The van der Waals surface area contributed by atoms with Gasteiger partial charge < -0.3 is 5.32 Å². The number of amides is 1. The Morgan fingerprint density at radius 3 is 2.05 bits per heavy atom. The second kappa shape index (κ2) is 10.7. The highest BCUT2D eigenvalue weighted by atomic mass is 32.1. The fourth-order valence-electron chi connectivity index (χ4n) is 4.46. The van der Waals surface area contributed by atoms with E-state index in [2.05, 4.69) is 10.3 Å². The Morgan fingerprint density at radius 1 is 0.795 bits per heavy atom. The Labute approximate surface area is 228 Å². The van der Waals surface area contributed by atoms with Crippen LogP contribution in [0.5, 0.6) is 0 Å². The van der Waals surface area contributed by atoms with E-state index in [1.165, 1.54) is 22.1 Å². The Bertz CT molecular complexity index is 1720. The quantitative estimate of drug-likeness (QED) is 0.261. The van der Waals surface area contributed by atoms with Gasteiger partial charge in [-0.3, -0.25) is 14.6 Å². The van der Waals surface area contributed by atoms with Crippen LogP contribution in [0.4, 0.5) is 5.82 Å². The summed E-state index contributed by atoms with van der Waals surface area (Å²) in [6.45, 7) is 0. The maximum atomic E-state index is 13.9. The second-order valence-corrected chi connectivity index (χ2v) is 9.82. The van der Waals surface area contributed by atoms with Crippen molar-refractivity contribution in [3.05, 3.63) is 142 Å². The minimum absolute atomic E-state index is 0.204. The molecule has 8 heteroatoms. The van der Waals surface area contributed by atoms with Crippen LogP contribution in [-0.2, 0) is 4.79 Å². The zero-order chi connectivity index (χ0) is 26.6. The average Bonchev–Trinajstić information content (AvgIpc) is 3.65. The number of nitrogens with zero attached hydrogens (tertiary/aromatic N) is 3. The van der Waals surface area contributed by atoms with Gasteiger partial charge in [0.15, 0.2) is 0 Å². The number of hydrogen-bond acceptors (Lipinski definition) is 5. The molecule has 0 aliphatic carbocycles. The first-order valence-corrected chi connectivity index (χ1v) is 13.3. The molecule has 0 bridgehead atoms. The minimum Gasteiger partial charge on any atom is -0.310 e. The molecule has 0 radical (unpaired) electrons. The van der Waals surface area contributed by atoms with Crippen LogP contribution in [0.2, 0.25) is 0 Å². The number of carbonyl (C=O) groups is 1. The van der Waals surface area contributed by atoms with E-state index in [1.54, 1.807) is 6.07 Å². The number of anilines is 1. The Hall–Kier alpha value is -5.08. The number of benzene rings is 3. The first-order chi connectivity index (χ1) is 19.2. The van der Waals surface area contributed by atoms with Crippen LogP contribution in [0.15, 0.2) is 125 Å². The molecule has 3 aromatic carbocycles. The smallest absolute Gasteiger partial charge is 0.252 e. The topological polar surface area (TPSA) is 92.7 Å². The first-order valence-electron chi connectivity index (χ1n) is 12.4. The highest BCUT2D eigenvalue weighted by Crippen LogP contribution is 2.30. The van der Waals surface area contributed by atoms with Crippen LogP contribution >= 0.6 is 11.3 Å². The zero-order valence-electron chi connectivity index (χ0n) is 20.7. The molecule has 3 heterocycles. The van der Waals surface area contributed by atoms with Crippen molar-refractivity contribution >= 4 is 23.1 Å². The molecule has 190 valence electrons. The van der Waals surface area contributed by atoms with E-state index < -0.39 is 5.92 Å². The monoisotopic (exact) mass is 529 g/mol. The Morgan fingerprint density at radius 2 is 1.44 bits per heavy atom. The zero-order valence-corrected chi connectivity index (χ0v) is 21.5. The molecule has 0 unspecified atom stereocenters. The van der Waals surface area contributed by atoms with E-state index in [-0.39, 0.29) is 17.4 Å². The summed E-state index contributed by atoms with van der Waals surface area (Å²) in [6, 6.07) is 35.9. The number of nitrogens with one attached hydrogen (secondary N) is 2. The van der Waals surface area contributed by atoms with E-state index in [1.807, 2.05) is 109 Å². The SMILES string of the molecule is O=C(Nc1cc(-c2cccs2)nn1-c1nc(-c2ccccc2)cc(=O)[nH]1)C(c1ccccc1)c1ccccc1. The standard InChI is InChI=1S/C31H23N5O2S/c37-28-20-24(21-11-4-1-5-12-21)32-31(34-28)36-27(19-25(35-36)26-17-10-18-39-26)33-30(38)29(22-13-6-2-7-14-22)23-15-8-3-9-16-23/h1-20,29H,(H,33,38)(H,32,34,37). The molecule has 0 aliphatic rings. The molecule has 0 saturated heterocycles. The van der Waals surface area contributed by atoms with Crippen molar-refractivity contribution in [2.75, 3.05) is 5.32 Å². The number of carbonyl (C=O) groups excluding carboxylic acids is 1. The number of aromatic amines is 1. The number of H-pyrrole nitrogens is 1. The van der Waals surface area contributed by atoms with Gasteiger partial charge in [0.1, 0.15) is 11.5 Å². The van der Waals surface area contributed by atoms with Gasteiger partial charge in [-0.15, -0.1) is 11.3 Å². The number of rotatable bonds is 7. The van der Waals surface area contributed by atoms with Gasteiger partial charge in [0.2, 0.25) is 11.9 Å². The molecule has 6 rings (SSSR count). The van der Waals surface area contributed by atoms with Crippen LogP contribution in [0.1, 0.15) is 17.0 Å². The third-order valence-corrected chi connectivity index (χ3v) is 7.15. The molecule has 2 N–H and O–H groups in total. The summed E-state index contributed by atoms with van der Waals surface area (Å²) in [5.74, 6) is -0.180. The molecule has 0 saturated carbocycles. The molecule has 39 heavy (non-hydrogen) atoms. The Kier molecular flexibility index (Phi) is 6.67. The minimum atomic E-state index is -0.552. The number of hydrogen-bond donors (Lipinski definition) is 2. The van der Waals surface area contributed by atoms with Gasteiger partial charge in [-0.05, 0) is 22.6 Å². The van der Waals surface area contributed by atoms with Gasteiger partial charge in [0.25, 0.3) is 5.56 Å². The van der Waals surface area contributed by atoms with Crippen LogP contribution in [0, 0.1) is 0 Å². The third-order valence-electron chi connectivity index (χ3n) is 6.26. The van der Waals surface area contributed by atoms with E-state index >= 15 is 0 Å². The molecule has 0 fully saturated rings. The van der Waals surface area contributed by atoms with Crippen molar-refractivity contribution in [3.8, 4) is 27.8 Å². The highest BCUT2D eigenvalue weighted by molar-refractivity contribution is 7.13. The van der Waals surface area contributed by atoms with Crippen molar-refractivity contribution in [1.29, 1.82) is 0 Å². The summed E-state index contributed by atoms with van der Waals surface area (Å²) in [6.07, 6.45) is 0. The molecule has 0 aliphatic heterocycles. The molecular weight excluding hydrogens is 506 g/mol. The lowest BCUT2D eigenvalue weighted by atomic mass is 9.90. The van der Waals surface area contributed by atoms with E-state index in [0.29, 0.717) is 17.2 Å². The van der Waals surface area contributed by atoms with Crippen LogP contribution < -0.4 is 10.9 Å². The predicted molar refractivity (Wildman–Crippen MR) is 154 cm³/mol. The molecule has 6 aromatic rings. The fourth-order valence-corrected chi connectivity index (χ4v) is 5.14. The van der Waals surface area contributed by atoms with E-state index in [0.717, 1.165) is 21.6 Å². The van der Waals surface area contributed by atoms with E-state index in [9.17, 15) is 9.59 Å². The summed E-state index contributed by atoms with van der Waals surface area (Å²) < 4.78 is 1.48. The van der Waals surface area contributed by atoms with Crippen LogP contribution in [-0.4, -0.2) is 25.7 Å². The number of aromatic nitrogens is 4. The van der Waals surface area contributed by atoms with E-state index in [4.69, 9.17) is 10.1 Å².